The van der Waals surface area contributed by atoms with Crippen molar-refractivity contribution in [3.05, 3.63) is 52.0 Å². The molecule has 0 heterocycles. The zero-order valence-corrected chi connectivity index (χ0v) is 14.6. The van der Waals surface area contributed by atoms with Crippen LogP contribution in [0.25, 0.3) is 0 Å². The van der Waals surface area contributed by atoms with Crippen molar-refractivity contribution in [2.75, 3.05) is 12.4 Å². The van der Waals surface area contributed by atoms with E-state index in [9.17, 15) is 9.59 Å². The van der Waals surface area contributed by atoms with Gasteiger partial charge in [0.15, 0.2) is 5.75 Å². The Hall–Kier alpha value is -2.24. The number of rotatable bonds is 5. The second-order valence-corrected chi connectivity index (χ2v) is 5.60. The molecule has 0 saturated carbocycles. The molecule has 1 N–H and O–H groups in total. The Kier molecular flexibility index (Phi) is 6.06. The fourth-order valence-electron chi connectivity index (χ4n) is 1.93. The third-order valence-corrected chi connectivity index (χ3v) is 3.64. The minimum absolute atomic E-state index is 0.237. The predicted molar refractivity (Wildman–Crippen MR) is 93.3 cm³/mol. The van der Waals surface area contributed by atoms with Crippen LogP contribution in [0.1, 0.15) is 23.7 Å². The Morgan fingerprint density at radius 2 is 1.79 bits per heavy atom. The molecule has 0 aromatic heterocycles. The van der Waals surface area contributed by atoms with Crippen molar-refractivity contribution in [1.29, 1.82) is 0 Å². The van der Waals surface area contributed by atoms with Crippen LogP contribution in [0, 0.1) is 0 Å². The molecular weight excluding hydrogens is 353 g/mol. The van der Waals surface area contributed by atoms with Crippen molar-refractivity contribution in [3.63, 3.8) is 0 Å². The number of anilines is 1. The lowest BCUT2D eigenvalue weighted by atomic mass is 10.2. The molecule has 2 aromatic rings. The van der Waals surface area contributed by atoms with E-state index in [0.29, 0.717) is 17.2 Å². The van der Waals surface area contributed by atoms with Gasteiger partial charge in [-0.05, 0) is 24.3 Å². The highest BCUT2D eigenvalue weighted by molar-refractivity contribution is 6.37. The molecule has 0 aliphatic heterocycles. The predicted octanol–water partition coefficient (Wildman–Crippen LogP) is 4.57. The number of methoxy groups -OCH3 is 1. The topological polar surface area (TPSA) is 64.6 Å². The van der Waals surface area contributed by atoms with Gasteiger partial charge in [0.25, 0.3) is 5.91 Å². The largest absolute Gasteiger partial charge is 0.494 e. The Balaban J connectivity index is 2.18. The first kappa shape index (κ1) is 18.1. The van der Waals surface area contributed by atoms with Crippen LogP contribution in [0.15, 0.2) is 36.4 Å². The summed E-state index contributed by atoms with van der Waals surface area (Å²) < 4.78 is 10.2. The average Bonchev–Trinajstić information content (AvgIpc) is 2.54. The van der Waals surface area contributed by atoms with E-state index < -0.39 is 5.91 Å². The molecule has 0 aliphatic carbocycles. The molecule has 0 aliphatic rings. The first-order chi connectivity index (χ1) is 11.4. The molecule has 7 heteroatoms. The van der Waals surface area contributed by atoms with Crippen molar-refractivity contribution in [1.82, 2.24) is 0 Å². The first-order valence-corrected chi connectivity index (χ1v) is 7.85. The second-order valence-electron chi connectivity index (χ2n) is 4.78. The Morgan fingerprint density at radius 1 is 1.12 bits per heavy atom. The molecule has 2 aromatic carbocycles. The zero-order valence-electron chi connectivity index (χ0n) is 13.1. The van der Waals surface area contributed by atoms with Crippen LogP contribution in [-0.2, 0) is 4.79 Å². The maximum absolute atomic E-state index is 12.3. The fourth-order valence-corrected chi connectivity index (χ4v) is 2.57. The number of esters is 1. The van der Waals surface area contributed by atoms with E-state index in [4.69, 9.17) is 32.7 Å². The van der Waals surface area contributed by atoms with Crippen LogP contribution < -0.4 is 14.8 Å². The number of benzene rings is 2. The third-order valence-electron chi connectivity index (χ3n) is 3.08. The monoisotopic (exact) mass is 367 g/mol. The third kappa shape index (κ3) is 4.40. The fraction of sp³-hybridized carbons (Fsp3) is 0.176. The highest BCUT2D eigenvalue weighted by Crippen LogP contribution is 2.34. The summed E-state index contributed by atoms with van der Waals surface area (Å²) in [4.78, 5) is 23.7. The average molecular weight is 368 g/mol. The molecule has 0 fully saturated rings. The van der Waals surface area contributed by atoms with Gasteiger partial charge in [0.2, 0.25) is 0 Å². The van der Waals surface area contributed by atoms with Crippen LogP contribution in [0.3, 0.4) is 0 Å². The van der Waals surface area contributed by atoms with E-state index in [2.05, 4.69) is 5.32 Å². The minimum atomic E-state index is -0.402. The molecule has 0 radical (unpaired) electrons. The van der Waals surface area contributed by atoms with Gasteiger partial charge < -0.3 is 14.8 Å². The number of hydrogen-bond acceptors (Lipinski definition) is 4. The van der Waals surface area contributed by atoms with Crippen molar-refractivity contribution in [2.24, 2.45) is 0 Å². The van der Waals surface area contributed by atoms with Crippen LogP contribution in [0.2, 0.25) is 10.0 Å². The number of ether oxygens (including phenoxy) is 2. The van der Waals surface area contributed by atoms with Gasteiger partial charge in [0.05, 0.1) is 17.2 Å². The van der Waals surface area contributed by atoms with Gasteiger partial charge in [-0.3, -0.25) is 9.59 Å². The number of halogens is 2. The summed E-state index contributed by atoms with van der Waals surface area (Å²) in [5.41, 5.74) is 0.756. The van der Waals surface area contributed by atoms with E-state index in [0.717, 1.165) is 0 Å². The van der Waals surface area contributed by atoms with Crippen molar-refractivity contribution < 1.29 is 19.1 Å². The molecule has 0 saturated heterocycles. The molecule has 1 amide bonds. The van der Waals surface area contributed by atoms with Crippen LogP contribution >= 0.6 is 23.2 Å². The lowest BCUT2D eigenvalue weighted by molar-refractivity contribution is -0.134. The molecule has 5 nitrogen and oxygen atoms in total. The van der Waals surface area contributed by atoms with Gasteiger partial charge >= 0.3 is 5.97 Å². The molecule has 0 bridgehead atoms. The summed E-state index contributed by atoms with van der Waals surface area (Å²) >= 11 is 12.1. The summed E-state index contributed by atoms with van der Waals surface area (Å²) in [7, 11) is 1.44. The smallest absolute Gasteiger partial charge is 0.310 e. The number of nitrogens with one attached hydrogen (secondary N) is 1. The van der Waals surface area contributed by atoms with E-state index in [1.807, 2.05) is 0 Å². The number of carbonyl (C=O) groups is 2. The van der Waals surface area contributed by atoms with Crippen molar-refractivity contribution in [2.45, 2.75) is 13.3 Å². The van der Waals surface area contributed by atoms with Crippen LogP contribution in [0.5, 0.6) is 11.5 Å². The van der Waals surface area contributed by atoms with Gasteiger partial charge in [-0.25, -0.2) is 0 Å². The van der Waals surface area contributed by atoms with E-state index >= 15 is 0 Å². The van der Waals surface area contributed by atoms with Gasteiger partial charge in [-0.15, -0.1) is 0 Å². The maximum Gasteiger partial charge on any atom is 0.310 e. The summed E-state index contributed by atoms with van der Waals surface area (Å²) in [6.45, 7) is 1.70. The molecule has 0 atom stereocenters. The SMILES string of the molecule is CCC(=O)Oc1cccc(NC(=O)c2cc(Cl)c(OC)c(Cl)c2)c1. The molecule has 126 valence electrons. The normalized spacial score (nSPS) is 10.2. The van der Waals surface area contributed by atoms with Gasteiger partial charge in [-0.2, -0.15) is 0 Å². The summed E-state index contributed by atoms with van der Waals surface area (Å²) in [6.07, 6.45) is 0.263. The van der Waals surface area contributed by atoms with Crippen molar-refractivity contribution >= 4 is 40.8 Å². The van der Waals surface area contributed by atoms with Gasteiger partial charge in [0.1, 0.15) is 5.75 Å². The lowest BCUT2D eigenvalue weighted by Crippen LogP contribution is -2.12. The Bertz CT molecular complexity index is 754. The minimum Gasteiger partial charge on any atom is -0.494 e. The summed E-state index contributed by atoms with van der Waals surface area (Å²) in [5, 5.41) is 3.17. The van der Waals surface area contributed by atoms with E-state index in [1.165, 1.54) is 19.2 Å². The highest BCUT2D eigenvalue weighted by Gasteiger charge is 2.14. The molecule has 0 unspecified atom stereocenters. The molecule has 0 spiro atoms. The Morgan fingerprint density at radius 3 is 2.38 bits per heavy atom. The molecule has 2 rings (SSSR count). The zero-order chi connectivity index (χ0) is 17.7. The Labute approximate surface area is 149 Å². The first-order valence-electron chi connectivity index (χ1n) is 7.09. The number of carbonyl (C=O) groups excluding carboxylic acids is 2. The highest BCUT2D eigenvalue weighted by atomic mass is 35.5. The van der Waals surface area contributed by atoms with Crippen LogP contribution in [0.4, 0.5) is 5.69 Å². The molecular formula is C17H15Cl2NO4. The summed E-state index contributed by atoms with van der Waals surface area (Å²) in [5.74, 6) is -0.0959. The van der Waals surface area contributed by atoms with Crippen LogP contribution in [-0.4, -0.2) is 19.0 Å². The quantitative estimate of drug-likeness (QED) is 0.620. The summed E-state index contributed by atoms with van der Waals surface area (Å²) in [6, 6.07) is 9.45. The lowest BCUT2D eigenvalue weighted by Gasteiger charge is -2.10. The number of hydrogen-bond donors (Lipinski definition) is 1. The second kappa shape index (κ2) is 8.04. The van der Waals surface area contributed by atoms with Crippen molar-refractivity contribution in [3.8, 4) is 11.5 Å². The maximum atomic E-state index is 12.3. The number of amides is 1. The van der Waals surface area contributed by atoms with Gasteiger partial charge in [-0.1, -0.05) is 36.2 Å². The standard InChI is InChI=1S/C17H15Cl2NO4/c1-3-15(21)24-12-6-4-5-11(9-12)20-17(22)10-7-13(18)16(23-2)14(19)8-10/h4-9H,3H2,1-2H3,(H,20,22). The molecule has 24 heavy (non-hydrogen) atoms. The van der Waals surface area contributed by atoms with Gasteiger partial charge in [0, 0.05) is 23.7 Å². The van der Waals surface area contributed by atoms with E-state index in [1.54, 1.807) is 31.2 Å². The van der Waals surface area contributed by atoms with E-state index in [-0.39, 0.29) is 28.0 Å².